The van der Waals surface area contributed by atoms with Gasteiger partial charge in [-0.3, -0.25) is 0 Å². The molecule has 0 aromatic carbocycles. The Hall–Kier alpha value is -0.580. The Morgan fingerprint density at radius 3 is 2.51 bits per heavy atom. The smallest absolute Gasteiger partial charge is 0.186 e. The zero-order chi connectivity index (χ0) is 30.9. The second kappa shape index (κ2) is 11.9. The molecule has 0 amide bonds. The highest BCUT2D eigenvalue weighted by molar-refractivity contribution is 5.26. The van der Waals surface area contributed by atoms with Crippen LogP contribution in [0.1, 0.15) is 92.4 Å². The van der Waals surface area contributed by atoms with E-state index >= 15 is 0 Å². The van der Waals surface area contributed by atoms with Crippen LogP contribution in [0.15, 0.2) is 11.6 Å². The molecule has 4 aliphatic carbocycles. The van der Waals surface area contributed by atoms with Gasteiger partial charge in [0.15, 0.2) is 6.29 Å². The minimum Gasteiger partial charge on any atom is -0.394 e. The Morgan fingerprint density at radius 2 is 1.79 bits per heavy atom. The molecule has 3 saturated carbocycles. The van der Waals surface area contributed by atoms with E-state index < -0.39 is 42.9 Å². The van der Waals surface area contributed by atoms with Crippen molar-refractivity contribution >= 4 is 0 Å². The lowest BCUT2D eigenvalue weighted by molar-refractivity contribution is -0.303. The van der Waals surface area contributed by atoms with Crippen molar-refractivity contribution in [2.24, 2.45) is 52.3 Å². The molecule has 246 valence electrons. The van der Waals surface area contributed by atoms with Crippen molar-refractivity contribution in [3.63, 3.8) is 0 Å². The van der Waals surface area contributed by atoms with Gasteiger partial charge in [-0.15, -0.1) is 0 Å². The number of fused-ring (bicyclic) bond motifs is 7. The Morgan fingerprint density at radius 1 is 1.02 bits per heavy atom. The summed E-state index contributed by atoms with van der Waals surface area (Å²) in [6, 6.07) is 0. The third-order valence-electron chi connectivity index (χ3n) is 13.9. The van der Waals surface area contributed by atoms with E-state index in [0.29, 0.717) is 17.3 Å². The van der Waals surface area contributed by atoms with Gasteiger partial charge in [0, 0.05) is 0 Å². The highest BCUT2D eigenvalue weighted by atomic mass is 16.7. The molecule has 2 heterocycles. The van der Waals surface area contributed by atoms with Crippen LogP contribution in [0.25, 0.3) is 0 Å². The molecule has 16 atom stereocenters. The van der Waals surface area contributed by atoms with Gasteiger partial charge in [0.2, 0.25) is 0 Å². The van der Waals surface area contributed by atoms with Crippen LogP contribution < -0.4 is 0 Å². The minimum atomic E-state index is -1.45. The molecule has 5 N–H and O–H groups in total. The molecule has 0 radical (unpaired) electrons. The van der Waals surface area contributed by atoms with Crippen LogP contribution in [0.5, 0.6) is 0 Å². The van der Waals surface area contributed by atoms with Crippen LogP contribution in [0.4, 0.5) is 0 Å². The maximum Gasteiger partial charge on any atom is 0.186 e. The highest BCUT2D eigenvalue weighted by Gasteiger charge is 2.67. The molecule has 2 aliphatic heterocycles. The number of allylic oxidation sites excluding steroid dienone is 2. The first-order valence-electron chi connectivity index (χ1n) is 17.3. The second-order valence-electron chi connectivity index (χ2n) is 16.3. The van der Waals surface area contributed by atoms with Crippen LogP contribution in [0, 0.1) is 52.3 Å². The van der Waals surface area contributed by atoms with Crippen molar-refractivity contribution in [2.75, 3.05) is 19.8 Å². The third kappa shape index (κ3) is 5.18. The molecule has 6 aliphatic rings. The summed E-state index contributed by atoms with van der Waals surface area (Å²) in [5.41, 5.74) is 1.80. The summed E-state index contributed by atoms with van der Waals surface area (Å²) in [6.07, 6.45) is 6.90. The van der Waals surface area contributed by atoms with Crippen molar-refractivity contribution in [1.82, 2.24) is 0 Å². The fourth-order valence-electron chi connectivity index (χ4n) is 11.2. The minimum absolute atomic E-state index is 0.0105. The number of ether oxygens (including phenoxy) is 3. The summed E-state index contributed by atoms with van der Waals surface area (Å²) >= 11 is 0. The van der Waals surface area contributed by atoms with Crippen LogP contribution >= 0.6 is 0 Å². The molecule has 0 bridgehead atoms. The summed E-state index contributed by atoms with van der Waals surface area (Å²) in [4.78, 5) is 0. The van der Waals surface area contributed by atoms with E-state index in [-0.39, 0.29) is 36.6 Å². The molecule has 0 aromatic rings. The van der Waals surface area contributed by atoms with Gasteiger partial charge < -0.3 is 39.7 Å². The third-order valence-corrected chi connectivity index (χ3v) is 13.9. The fourth-order valence-corrected chi connectivity index (χ4v) is 11.2. The summed E-state index contributed by atoms with van der Waals surface area (Å²) in [5, 5.41) is 50.7. The number of aliphatic hydroxyl groups is 5. The van der Waals surface area contributed by atoms with E-state index in [4.69, 9.17) is 14.2 Å². The Bertz CT molecular complexity index is 1030. The van der Waals surface area contributed by atoms with Gasteiger partial charge in [0.05, 0.1) is 31.5 Å². The topological polar surface area (TPSA) is 129 Å². The van der Waals surface area contributed by atoms with Gasteiger partial charge in [0.1, 0.15) is 24.4 Å². The van der Waals surface area contributed by atoms with Crippen molar-refractivity contribution < 1.29 is 39.7 Å². The normalized spacial score (nSPS) is 53.4. The summed E-state index contributed by atoms with van der Waals surface area (Å²) < 4.78 is 18.3. The quantitative estimate of drug-likeness (QED) is 0.264. The molecule has 5 fully saturated rings. The SMILES string of the molecule is CC1C2C(CC3C4CC=C5C[C@@H](C)CC[C@]5(C)C4CC[C@@]32C)OC1(CO)CC[C@@H](C)CO[C@@H]1OC(CO)[C@@H](O)[C@@H](O)C1O. The second-order valence-corrected chi connectivity index (χ2v) is 16.3. The Labute approximate surface area is 258 Å². The lowest BCUT2D eigenvalue weighted by atomic mass is 9.46. The lowest BCUT2D eigenvalue weighted by Gasteiger charge is -2.58. The van der Waals surface area contributed by atoms with Gasteiger partial charge in [-0.2, -0.15) is 0 Å². The molecule has 2 saturated heterocycles. The van der Waals surface area contributed by atoms with Gasteiger partial charge in [-0.05, 0) is 110 Å². The fraction of sp³-hybridized carbons (Fsp3) is 0.943. The zero-order valence-corrected chi connectivity index (χ0v) is 27.0. The highest BCUT2D eigenvalue weighted by Crippen LogP contribution is 2.70. The van der Waals surface area contributed by atoms with Crippen LogP contribution in [0.3, 0.4) is 0 Å². The van der Waals surface area contributed by atoms with E-state index in [2.05, 4.69) is 40.7 Å². The monoisotopic (exact) mass is 606 g/mol. The summed E-state index contributed by atoms with van der Waals surface area (Å²) in [7, 11) is 0. The van der Waals surface area contributed by atoms with Crippen LogP contribution in [0.2, 0.25) is 0 Å². The Kier molecular flexibility index (Phi) is 8.95. The molecule has 9 unspecified atom stereocenters. The lowest BCUT2D eigenvalue weighted by Crippen LogP contribution is -2.59. The van der Waals surface area contributed by atoms with Crippen LogP contribution in [-0.4, -0.2) is 87.8 Å². The predicted octanol–water partition coefficient (Wildman–Crippen LogP) is 3.81. The van der Waals surface area contributed by atoms with Crippen molar-refractivity contribution in [2.45, 2.75) is 135 Å². The van der Waals surface area contributed by atoms with Gasteiger partial charge in [0.25, 0.3) is 0 Å². The maximum absolute atomic E-state index is 10.8. The van der Waals surface area contributed by atoms with Crippen molar-refractivity contribution in [1.29, 1.82) is 0 Å². The van der Waals surface area contributed by atoms with E-state index in [0.717, 1.165) is 37.0 Å². The predicted molar refractivity (Wildman–Crippen MR) is 162 cm³/mol. The first kappa shape index (κ1) is 32.4. The van der Waals surface area contributed by atoms with E-state index in [1.165, 1.54) is 38.5 Å². The Balaban J connectivity index is 1.09. The van der Waals surface area contributed by atoms with Crippen molar-refractivity contribution in [3.8, 4) is 0 Å². The molecule has 6 rings (SSSR count). The molecule has 0 spiro atoms. The zero-order valence-electron chi connectivity index (χ0n) is 27.0. The number of hydrogen-bond acceptors (Lipinski definition) is 8. The average molecular weight is 607 g/mol. The van der Waals surface area contributed by atoms with Crippen molar-refractivity contribution in [3.05, 3.63) is 11.6 Å². The van der Waals surface area contributed by atoms with E-state index in [1.54, 1.807) is 5.57 Å². The largest absolute Gasteiger partial charge is 0.394 e. The van der Waals surface area contributed by atoms with Gasteiger partial charge in [-0.25, -0.2) is 0 Å². The molecule has 8 nitrogen and oxygen atoms in total. The standard InChI is InChI=1S/C35H58O8/c1-19-8-11-33(4)22(14-19)6-7-23-24(33)10-12-34(5)25(23)15-26-28(34)21(3)35(18-37,43-26)13-9-20(2)17-41-32-31(40)30(39)29(38)27(16-36)42-32/h6,19-21,23-32,36-40H,7-18H2,1-5H3/t19-,20+,21?,23?,24?,25?,26?,27?,28?,29+,30+,31?,32+,33-,34-,35?/m0/s1. The number of hydrogen-bond donors (Lipinski definition) is 5. The molecular formula is C35H58O8. The first-order chi connectivity index (χ1) is 20.4. The molecule has 0 aromatic heterocycles. The van der Waals surface area contributed by atoms with E-state index in [1.807, 2.05) is 0 Å². The molecular weight excluding hydrogens is 548 g/mol. The van der Waals surface area contributed by atoms with E-state index in [9.17, 15) is 25.5 Å². The summed E-state index contributed by atoms with van der Waals surface area (Å²) in [6.45, 7) is 11.7. The summed E-state index contributed by atoms with van der Waals surface area (Å²) in [5.74, 6) is 3.83. The number of aliphatic hydroxyl groups excluding tert-OH is 5. The first-order valence-corrected chi connectivity index (χ1v) is 17.3. The average Bonchev–Trinajstić information content (AvgIpc) is 3.44. The van der Waals surface area contributed by atoms with Crippen LogP contribution in [-0.2, 0) is 14.2 Å². The molecule has 8 heteroatoms. The molecule has 43 heavy (non-hydrogen) atoms. The maximum atomic E-state index is 10.8. The number of rotatable bonds is 8. The van der Waals surface area contributed by atoms with Gasteiger partial charge in [-0.1, -0.05) is 46.3 Å². The van der Waals surface area contributed by atoms with Gasteiger partial charge >= 0.3 is 0 Å².